The van der Waals surface area contributed by atoms with Crippen LogP contribution in [0.1, 0.15) is 31.2 Å². The van der Waals surface area contributed by atoms with Gasteiger partial charge in [0.25, 0.3) is 11.7 Å². The molecule has 1 fully saturated rings. The molecule has 0 atom stereocenters. The standard InChI is InChI=1S/C17H14BrF2N3O2S.CH2O2/c1-17(19,20)26-16-22-21-15(18)23(16)12-10-5-3-2-4-9(10)11(8-6-7-8)13(24)14(12)25;2-1-3/h2-5,8,24-25H,6-7H2,1H3;1H,(H,2,3). The fourth-order valence-corrected chi connectivity index (χ4v) is 4.31. The molecular weight excluding hydrogens is 472 g/mol. The molecule has 1 heterocycles. The van der Waals surface area contributed by atoms with Gasteiger partial charge in [0.15, 0.2) is 11.5 Å². The topological polar surface area (TPSA) is 108 Å². The van der Waals surface area contributed by atoms with Crippen molar-refractivity contribution >= 4 is 44.9 Å². The summed E-state index contributed by atoms with van der Waals surface area (Å²) in [7, 11) is 0. The predicted molar refractivity (Wildman–Crippen MR) is 107 cm³/mol. The Bertz CT molecular complexity index is 1070. The van der Waals surface area contributed by atoms with Crippen LogP contribution in [0, 0.1) is 0 Å². The number of carbonyl (C=O) groups is 1. The van der Waals surface area contributed by atoms with Gasteiger partial charge >= 0.3 is 0 Å². The molecule has 1 aromatic heterocycles. The number of hydrogen-bond donors (Lipinski definition) is 3. The molecule has 154 valence electrons. The largest absolute Gasteiger partial charge is 0.504 e. The minimum absolute atomic E-state index is 0.0941. The maximum atomic E-state index is 13.5. The second kappa shape index (κ2) is 8.15. The summed E-state index contributed by atoms with van der Waals surface area (Å²) in [6, 6.07) is 7.26. The lowest BCUT2D eigenvalue weighted by molar-refractivity contribution is -0.122. The lowest BCUT2D eigenvalue weighted by Gasteiger charge is -2.18. The summed E-state index contributed by atoms with van der Waals surface area (Å²) in [5.74, 6) is -0.397. The number of hydrogen-bond acceptors (Lipinski definition) is 6. The van der Waals surface area contributed by atoms with E-state index in [-0.39, 0.29) is 51.2 Å². The number of thioether (sulfide) groups is 1. The number of aromatic nitrogens is 3. The van der Waals surface area contributed by atoms with Crippen molar-refractivity contribution in [3.8, 4) is 17.2 Å². The van der Waals surface area contributed by atoms with E-state index in [4.69, 9.17) is 9.90 Å². The molecule has 0 spiro atoms. The fourth-order valence-electron chi connectivity index (χ4n) is 3.10. The molecule has 1 saturated carbocycles. The summed E-state index contributed by atoms with van der Waals surface area (Å²) in [6.07, 6.45) is 1.88. The monoisotopic (exact) mass is 487 g/mol. The molecular formula is C18H16BrF2N3O4S. The maximum Gasteiger partial charge on any atom is 0.298 e. The minimum atomic E-state index is -3.08. The average molecular weight is 488 g/mol. The zero-order chi connectivity index (χ0) is 21.3. The number of carboxylic acid groups (broad SMARTS) is 1. The highest BCUT2D eigenvalue weighted by Crippen LogP contribution is 2.53. The number of phenolic OH excluding ortho intramolecular Hbond substituents is 2. The van der Waals surface area contributed by atoms with Crippen LogP contribution >= 0.6 is 27.7 Å². The van der Waals surface area contributed by atoms with Crippen LogP contribution in [-0.2, 0) is 4.79 Å². The first-order valence-electron chi connectivity index (χ1n) is 8.42. The van der Waals surface area contributed by atoms with E-state index in [9.17, 15) is 19.0 Å². The first-order chi connectivity index (χ1) is 13.7. The van der Waals surface area contributed by atoms with Crippen molar-refractivity contribution in [1.82, 2.24) is 14.8 Å². The Kier molecular flexibility index (Phi) is 5.99. The number of rotatable bonds is 4. The molecule has 7 nitrogen and oxygen atoms in total. The van der Waals surface area contributed by atoms with Gasteiger partial charge in [0.05, 0.1) is 0 Å². The number of benzene rings is 2. The van der Waals surface area contributed by atoms with E-state index >= 15 is 0 Å². The van der Waals surface area contributed by atoms with E-state index < -0.39 is 5.25 Å². The number of fused-ring (bicyclic) bond motifs is 1. The number of alkyl halides is 2. The molecule has 2 aromatic carbocycles. The quantitative estimate of drug-likeness (QED) is 0.273. The Morgan fingerprint density at radius 2 is 1.79 bits per heavy atom. The average Bonchev–Trinajstić information content (AvgIpc) is 3.42. The van der Waals surface area contributed by atoms with Gasteiger partial charge in [-0.15, -0.1) is 10.2 Å². The molecule has 1 aliphatic carbocycles. The zero-order valence-electron chi connectivity index (χ0n) is 15.0. The highest BCUT2D eigenvalue weighted by Gasteiger charge is 2.34. The number of nitrogens with zero attached hydrogens (tertiary/aromatic N) is 3. The van der Waals surface area contributed by atoms with Gasteiger partial charge in [-0.25, -0.2) is 0 Å². The van der Waals surface area contributed by atoms with Gasteiger partial charge in [-0.2, -0.15) is 8.78 Å². The maximum absolute atomic E-state index is 13.5. The molecule has 3 aromatic rings. The summed E-state index contributed by atoms with van der Waals surface area (Å²) >= 11 is 3.43. The lowest BCUT2D eigenvalue weighted by Crippen LogP contribution is -2.07. The molecule has 0 saturated heterocycles. The van der Waals surface area contributed by atoms with Crippen LogP contribution in [0.3, 0.4) is 0 Å². The van der Waals surface area contributed by atoms with Crippen molar-refractivity contribution in [2.45, 2.75) is 36.1 Å². The molecule has 29 heavy (non-hydrogen) atoms. The fraction of sp³-hybridized carbons (Fsp3) is 0.278. The predicted octanol–water partition coefficient (Wildman–Crippen LogP) is 4.88. The van der Waals surface area contributed by atoms with Gasteiger partial charge in [0.1, 0.15) is 5.69 Å². The Hall–Kier alpha value is -2.40. The van der Waals surface area contributed by atoms with Crippen LogP contribution in [-0.4, -0.2) is 41.8 Å². The SMILES string of the molecule is CC(F)(F)Sc1nnc(Br)n1-c1c(O)c(O)c(C2CC2)c2ccccc12.O=CO. The van der Waals surface area contributed by atoms with Crippen molar-refractivity contribution in [2.24, 2.45) is 0 Å². The van der Waals surface area contributed by atoms with Crippen molar-refractivity contribution in [3.05, 3.63) is 34.6 Å². The zero-order valence-corrected chi connectivity index (χ0v) is 17.4. The van der Waals surface area contributed by atoms with Crippen LogP contribution in [0.2, 0.25) is 0 Å². The third-order valence-electron chi connectivity index (χ3n) is 4.25. The first-order valence-corrected chi connectivity index (χ1v) is 10.0. The number of aromatic hydroxyl groups is 2. The molecule has 11 heteroatoms. The molecule has 0 aliphatic heterocycles. The molecule has 3 N–H and O–H groups in total. The summed E-state index contributed by atoms with van der Waals surface area (Å²) < 4.78 is 28.5. The number of halogens is 3. The van der Waals surface area contributed by atoms with Crippen LogP contribution in [0.15, 0.2) is 34.2 Å². The highest BCUT2D eigenvalue weighted by atomic mass is 79.9. The van der Waals surface area contributed by atoms with Crippen LogP contribution < -0.4 is 0 Å². The lowest BCUT2D eigenvalue weighted by atomic mass is 9.97. The Labute approximate surface area is 176 Å². The van der Waals surface area contributed by atoms with Crippen LogP contribution in [0.25, 0.3) is 16.5 Å². The summed E-state index contributed by atoms with van der Waals surface area (Å²) in [4.78, 5) is 8.36. The third-order valence-corrected chi connectivity index (χ3v) is 5.57. The van der Waals surface area contributed by atoms with Gasteiger partial charge in [0.2, 0.25) is 9.89 Å². The van der Waals surface area contributed by atoms with Gasteiger partial charge < -0.3 is 15.3 Å². The van der Waals surface area contributed by atoms with Gasteiger partial charge in [-0.3, -0.25) is 9.36 Å². The second-order valence-electron chi connectivity index (χ2n) is 6.38. The minimum Gasteiger partial charge on any atom is -0.504 e. The van der Waals surface area contributed by atoms with E-state index in [2.05, 4.69) is 26.1 Å². The summed E-state index contributed by atoms with van der Waals surface area (Å²) in [6.45, 7) is 0.510. The molecule has 0 unspecified atom stereocenters. The molecule has 4 rings (SSSR count). The highest BCUT2D eigenvalue weighted by molar-refractivity contribution is 9.10. The summed E-state index contributed by atoms with van der Waals surface area (Å²) in [5.41, 5.74) is 0.868. The van der Waals surface area contributed by atoms with Crippen LogP contribution in [0.5, 0.6) is 11.5 Å². The van der Waals surface area contributed by atoms with Gasteiger partial charge in [0, 0.05) is 17.9 Å². The molecule has 0 bridgehead atoms. The van der Waals surface area contributed by atoms with E-state index in [1.807, 2.05) is 12.1 Å². The first kappa shape index (κ1) is 21.3. The Balaban J connectivity index is 0.000000755. The summed E-state index contributed by atoms with van der Waals surface area (Å²) in [5, 5.41) is 34.1. The van der Waals surface area contributed by atoms with Crippen molar-refractivity contribution in [3.63, 3.8) is 0 Å². The van der Waals surface area contributed by atoms with E-state index in [1.165, 1.54) is 4.57 Å². The van der Waals surface area contributed by atoms with E-state index in [0.29, 0.717) is 10.9 Å². The van der Waals surface area contributed by atoms with Crippen molar-refractivity contribution < 1.29 is 28.9 Å². The molecule has 1 aliphatic rings. The van der Waals surface area contributed by atoms with Crippen molar-refractivity contribution in [1.29, 1.82) is 0 Å². The van der Waals surface area contributed by atoms with Crippen molar-refractivity contribution in [2.75, 3.05) is 0 Å². The van der Waals surface area contributed by atoms with E-state index in [1.54, 1.807) is 12.1 Å². The third kappa shape index (κ3) is 4.30. The van der Waals surface area contributed by atoms with Gasteiger partial charge in [-0.1, -0.05) is 24.3 Å². The van der Waals surface area contributed by atoms with Gasteiger partial charge in [-0.05, 0) is 51.8 Å². The smallest absolute Gasteiger partial charge is 0.298 e. The Morgan fingerprint density at radius 1 is 1.21 bits per heavy atom. The molecule has 0 amide bonds. The second-order valence-corrected chi connectivity index (χ2v) is 8.38. The Morgan fingerprint density at radius 3 is 2.34 bits per heavy atom. The molecule has 0 radical (unpaired) electrons. The number of phenols is 2. The van der Waals surface area contributed by atoms with E-state index in [0.717, 1.165) is 25.2 Å². The normalized spacial score (nSPS) is 13.8. The van der Waals surface area contributed by atoms with Crippen LogP contribution in [0.4, 0.5) is 8.78 Å².